The van der Waals surface area contributed by atoms with Crippen LogP contribution in [0.15, 0.2) is 48.5 Å². The van der Waals surface area contributed by atoms with Crippen LogP contribution in [-0.2, 0) is 6.61 Å². The summed E-state index contributed by atoms with van der Waals surface area (Å²) in [5.74, 6) is 5.89. The minimum Gasteiger partial charge on any atom is -0.392 e. The standard InChI is InChI=1S/C15H11NO3/c17-11-14-5-3-12(4-6-14)1-2-13-7-9-15(10-8-13)16(18)19/h3-10,17H,11H2. The van der Waals surface area contributed by atoms with Gasteiger partial charge in [-0.1, -0.05) is 24.0 Å². The predicted molar refractivity (Wildman–Crippen MR) is 71.4 cm³/mol. The number of nitro benzene ring substituents is 1. The Balaban J connectivity index is 2.16. The second kappa shape index (κ2) is 5.80. The van der Waals surface area contributed by atoms with Crippen molar-refractivity contribution in [1.29, 1.82) is 0 Å². The lowest BCUT2D eigenvalue weighted by Gasteiger charge is -1.95. The van der Waals surface area contributed by atoms with E-state index >= 15 is 0 Å². The third kappa shape index (κ3) is 3.41. The lowest BCUT2D eigenvalue weighted by atomic mass is 10.1. The second-order valence-electron chi connectivity index (χ2n) is 3.91. The largest absolute Gasteiger partial charge is 0.392 e. The van der Waals surface area contributed by atoms with Crippen LogP contribution in [0.5, 0.6) is 0 Å². The van der Waals surface area contributed by atoms with E-state index in [-0.39, 0.29) is 12.3 Å². The number of nitrogens with zero attached hydrogens (tertiary/aromatic N) is 1. The molecule has 0 aliphatic heterocycles. The normalized spacial score (nSPS) is 9.53. The van der Waals surface area contributed by atoms with Gasteiger partial charge in [0.2, 0.25) is 0 Å². The summed E-state index contributed by atoms with van der Waals surface area (Å²) in [7, 11) is 0. The molecule has 0 heterocycles. The summed E-state index contributed by atoms with van der Waals surface area (Å²) in [5.41, 5.74) is 2.44. The van der Waals surface area contributed by atoms with E-state index in [4.69, 9.17) is 5.11 Å². The van der Waals surface area contributed by atoms with Crippen molar-refractivity contribution in [2.45, 2.75) is 6.61 Å². The first-order valence-electron chi connectivity index (χ1n) is 5.65. The highest BCUT2D eigenvalue weighted by Gasteiger charge is 2.02. The van der Waals surface area contributed by atoms with Crippen LogP contribution < -0.4 is 0 Å². The molecule has 0 spiro atoms. The van der Waals surface area contributed by atoms with Gasteiger partial charge in [-0.25, -0.2) is 0 Å². The van der Waals surface area contributed by atoms with E-state index in [1.807, 2.05) is 12.1 Å². The van der Waals surface area contributed by atoms with Crippen LogP contribution in [0.2, 0.25) is 0 Å². The van der Waals surface area contributed by atoms with E-state index < -0.39 is 4.92 Å². The molecule has 2 aromatic rings. The van der Waals surface area contributed by atoms with Crippen molar-refractivity contribution in [1.82, 2.24) is 0 Å². The zero-order valence-electron chi connectivity index (χ0n) is 10.0. The van der Waals surface area contributed by atoms with Crippen LogP contribution in [0.25, 0.3) is 0 Å². The molecular weight excluding hydrogens is 242 g/mol. The summed E-state index contributed by atoms with van der Waals surface area (Å²) in [5, 5.41) is 19.4. The minimum absolute atomic E-state index is 0.00998. The lowest BCUT2D eigenvalue weighted by Crippen LogP contribution is -1.87. The fourth-order valence-electron chi connectivity index (χ4n) is 1.50. The molecular formula is C15H11NO3. The van der Waals surface area contributed by atoms with E-state index in [0.29, 0.717) is 0 Å². The molecule has 0 saturated carbocycles. The minimum atomic E-state index is -0.440. The van der Waals surface area contributed by atoms with Gasteiger partial charge in [0.1, 0.15) is 0 Å². The third-order valence-electron chi connectivity index (χ3n) is 2.57. The number of hydrogen-bond acceptors (Lipinski definition) is 3. The van der Waals surface area contributed by atoms with Crippen molar-refractivity contribution in [3.8, 4) is 11.8 Å². The topological polar surface area (TPSA) is 63.4 Å². The lowest BCUT2D eigenvalue weighted by molar-refractivity contribution is -0.384. The molecule has 0 fully saturated rings. The smallest absolute Gasteiger partial charge is 0.269 e. The molecule has 0 atom stereocenters. The summed E-state index contributed by atoms with van der Waals surface area (Å²) in [6.07, 6.45) is 0. The van der Waals surface area contributed by atoms with Crippen molar-refractivity contribution in [2.75, 3.05) is 0 Å². The van der Waals surface area contributed by atoms with Crippen molar-refractivity contribution < 1.29 is 10.0 Å². The van der Waals surface area contributed by atoms with Crippen LogP contribution in [0.4, 0.5) is 5.69 Å². The molecule has 0 bridgehead atoms. The third-order valence-corrected chi connectivity index (χ3v) is 2.57. The van der Waals surface area contributed by atoms with Gasteiger partial charge < -0.3 is 5.11 Å². The molecule has 0 amide bonds. The van der Waals surface area contributed by atoms with Gasteiger partial charge in [-0.2, -0.15) is 0 Å². The highest BCUT2D eigenvalue weighted by Crippen LogP contribution is 2.11. The monoisotopic (exact) mass is 253 g/mol. The van der Waals surface area contributed by atoms with Gasteiger partial charge in [0, 0.05) is 23.3 Å². The van der Waals surface area contributed by atoms with Gasteiger partial charge in [-0.3, -0.25) is 10.1 Å². The molecule has 4 nitrogen and oxygen atoms in total. The van der Waals surface area contributed by atoms with Crippen molar-refractivity contribution >= 4 is 5.69 Å². The maximum atomic E-state index is 10.5. The van der Waals surface area contributed by atoms with Crippen LogP contribution in [0.1, 0.15) is 16.7 Å². The fraction of sp³-hybridized carbons (Fsp3) is 0.0667. The van der Waals surface area contributed by atoms with Crippen molar-refractivity contribution in [2.24, 2.45) is 0 Å². The van der Waals surface area contributed by atoms with Crippen molar-refractivity contribution in [3.05, 3.63) is 75.3 Å². The van der Waals surface area contributed by atoms with Crippen LogP contribution in [-0.4, -0.2) is 10.0 Å². The molecule has 0 saturated heterocycles. The molecule has 0 unspecified atom stereocenters. The Kier molecular flexibility index (Phi) is 3.91. The van der Waals surface area contributed by atoms with E-state index in [0.717, 1.165) is 16.7 Å². The van der Waals surface area contributed by atoms with Gasteiger partial charge in [0.25, 0.3) is 5.69 Å². The average Bonchev–Trinajstić information content (AvgIpc) is 2.46. The fourth-order valence-corrected chi connectivity index (χ4v) is 1.50. The summed E-state index contributed by atoms with van der Waals surface area (Å²) in [6.45, 7) is 0.00998. The zero-order valence-corrected chi connectivity index (χ0v) is 10.0. The summed E-state index contributed by atoms with van der Waals surface area (Å²) < 4.78 is 0. The molecule has 0 aliphatic rings. The molecule has 2 rings (SSSR count). The van der Waals surface area contributed by atoms with E-state index in [1.54, 1.807) is 24.3 Å². The quantitative estimate of drug-likeness (QED) is 0.508. The molecule has 19 heavy (non-hydrogen) atoms. The number of nitro groups is 1. The van der Waals surface area contributed by atoms with Gasteiger partial charge >= 0.3 is 0 Å². The SMILES string of the molecule is O=[N+]([O-])c1ccc(C#Cc2ccc(CO)cc2)cc1. The number of aliphatic hydroxyl groups is 1. The van der Waals surface area contributed by atoms with E-state index in [9.17, 15) is 10.1 Å². The Labute approximate surface area is 110 Å². The number of non-ortho nitro benzene ring substituents is 1. The van der Waals surface area contributed by atoms with Gasteiger partial charge in [0.15, 0.2) is 0 Å². The van der Waals surface area contributed by atoms with Gasteiger partial charge in [-0.15, -0.1) is 0 Å². The average molecular weight is 253 g/mol. The van der Waals surface area contributed by atoms with Gasteiger partial charge in [-0.05, 0) is 29.8 Å². The summed E-state index contributed by atoms with van der Waals surface area (Å²) >= 11 is 0. The summed E-state index contributed by atoms with van der Waals surface area (Å²) in [4.78, 5) is 10.1. The predicted octanol–water partition coefficient (Wildman–Crippen LogP) is 2.49. The molecule has 1 N–H and O–H groups in total. The first-order chi connectivity index (χ1) is 9.19. The number of aliphatic hydroxyl groups excluding tert-OH is 1. The Morgan fingerprint density at radius 3 is 1.84 bits per heavy atom. The molecule has 0 aromatic heterocycles. The van der Waals surface area contributed by atoms with Crippen LogP contribution in [0, 0.1) is 22.0 Å². The Morgan fingerprint density at radius 1 is 0.947 bits per heavy atom. The molecule has 0 aliphatic carbocycles. The maximum Gasteiger partial charge on any atom is 0.269 e. The molecule has 4 heteroatoms. The zero-order chi connectivity index (χ0) is 13.7. The number of hydrogen-bond donors (Lipinski definition) is 1. The Bertz CT molecular complexity index is 634. The molecule has 94 valence electrons. The molecule has 0 radical (unpaired) electrons. The van der Waals surface area contributed by atoms with Crippen LogP contribution in [0.3, 0.4) is 0 Å². The van der Waals surface area contributed by atoms with E-state index in [2.05, 4.69) is 11.8 Å². The second-order valence-corrected chi connectivity index (χ2v) is 3.91. The van der Waals surface area contributed by atoms with Crippen molar-refractivity contribution in [3.63, 3.8) is 0 Å². The maximum absolute atomic E-state index is 10.5. The summed E-state index contributed by atoms with van der Waals surface area (Å²) in [6, 6.07) is 13.4. The first kappa shape index (κ1) is 12.8. The highest BCUT2D eigenvalue weighted by atomic mass is 16.6. The Morgan fingerprint density at radius 2 is 1.42 bits per heavy atom. The number of rotatable bonds is 2. The number of benzene rings is 2. The Hall–Kier alpha value is -2.64. The van der Waals surface area contributed by atoms with Crippen LogP contribution >= 0.6 is 0 Å². The molecule has 2 aromatic carbocycles. The van der Waals surface area contributed by atoms with Gasteiger partial charge in [0.05, 0.1) is 11.5 Å². The first-order valence-corrected chi connectivity index (χ1v) is 5.65. The van der Waals surface area contributed by atoms with E-state index in [1.165, 1.54) is 12.1 Å². The highest BCUT2D eigenvalue weighted by molar-refractivity contribution is 5.45.